The molecule has 2 heterocycles. The lowest BCUT2D eigenvalue weighted by molar-refractivity contribution is 0.388. The third-order valence-electron chi connectivity index (χ3n) is 3.54. The first-order valence-electron chi connectivity index (χ1n) is 6.15. The molecule has 4 heteroatoms. The van der Waals surface area contributed by atoms with Gasteiger partial charge in [0.1, 0.15) is 11.5 Å². The molecule has 1 aliphatic carbocycles. The van der Waals surface area contributed by atoms with E-state index in [2.05, 4.69) is 48.4 Å². The highest BCUT2D eigenvalue weighted by Gasteiger charge is 2.25. The van der Waals surface area contributed by atoms with Crippen LogP contribution in [0.25, 0.3) is 5.65 Å². The normalized spacial score (nSPS) is 16.1. The topological polar surface area (TPSA) is 20.5 Å². The fraction of sp³-hybridized carbons (Fsp3) is 0.462. The molecule has 0 bridgehead atoms. The van der Waals surface area contributed by atoms with Gasteiger partial charge in [0.05, 0.1) is 0 Å². The smallest absolute Gasteiger partial charge is 0.138 e. The molecule has 17 heavy (non-hydrogen) atoms. The Hall–Kier alpha value is -1.03. The van der Waals surface area contributed by atoms with Crippen LogP contribution in [0.4, 0.5) is 5.82 Å². The lowest BCUT2D eigenvalue weighted by atomic mass is 9.91. The molecule has 0 aromatic carbocycles. The molecular formula is C13H16BrN3. The van der Waals surface area contributed by atoms with Gasteiger partial charge < -0.3 is 4.90 Å². The summed E-state index contributed by atoms with van der Waals surface area (Å²) in [6.07, 6.45) is 7.91. The van der Waals surface area contributed by atoms with Crippen LogP contribution in [0.1, 0.15) is 19.3 Å². The zero-order valence-electron chi connectivity index (χ0n) is 9.72. The second kappa shape index (κ2) is 4.69. The maximum Gasteiger partial charge on any atom is 0.138 e. The van der Waals surface area contributed by atoms with Crippen molar-refractivity contribution < 1.29 is 0 Å². The summed E-state index contributed by atoms with van der Waals surface area (Å²) in [5.41, 5.74) is 1.03. The lowest BCUT2D eigenvalue weighted by Crippen LogP contribution is -2.42. The number of hydrogen-bond acceptors (Lipinski definition) is 2. The molecule has 1 fully saturated rings. The number of aromatic nitrogens is 2. The second-order valence-corrected chi connectivity index (χ2v) is 5.30. The number of halogens is 1. The molecule has 0 saturated heterocycles. The van der Waals surface area contributed by atoms with Crippen molar-refractivity contribution in [3.05, 3.63) is 30.6 Å². The van der Waals surface area contributed by atoms with Crippen LogP contribution < -0.4 is 4.90 Å². The molecule has 0 atom stereocenters. The van der Waals surface area contributed by atoms with Gasteiger partial charge in [-0.2, -0.15) is 0 Å². The summed E-state index contributed by atoms with van der Waals surface area (Å²) in [7, 11) is 0. The van der Waals surface area contributed by atoms with E-state index >= 15 is 0 Å². The molecule has 0 amide bonds. The molecule has 0 aliphatic heterocycles. The molecule has 3 nitrogen and oxygen atoms in total. The molecule has 2 aromatic rings. The van der Waals surface area contributed by atoms with Crippen LogP contribution >= 0.6 is 15.9 Å². The lowest BCUT2D eigenvalue weighted by Gasteiger charge is -2.39. The van der Waals surface area contributed by atoms with Crippen molar-refractivity contribution in [1.82, 2.24) is 9.38 Å². The van der Waals surface area contributed by atoms with Gasteiger partial charge in [-0.3, -0.25) is 4.40 Å². The summed E-state index contributed by atoms with van der Waals surface area (Å²) in [5, 5.41) is 1.01. The number of imidazole rings is 1. The van der Waals surface area contributed by atoms with Crippen molar-refractivity contribution in [3.63, 3.8) is 0 Å². The predicted octanol–water partition coefficient (Wildman–Crippen LogP) is 3.09. The Labute approximate surface area is 110 Å². The first-order valence-corrected chi connectivity index (χ1v) is 7.27. The Morgan fingerprint density at radius 2 is 2.29 bits per heavy atom. The molecule has 0 radical (unpaired) electrons. The van der Waals surface area contributed by atoms with Crippen molar-refractivity contribution >= 4 is 27.4 Å². The Balaban J connectivity index is 2.01. The van der Waals surface area contributed by atoms with Crippen molar-refractivity contribution in [3.8, 4) is 0 Å². The summed E-state index contributed by atoms with van der Waals surface area (Å²) in [6.45, 7) is 1.06. The molecule has 0 unspecified atom stereocenters. The first kappa shape index (κ1) is 11.1. The summed E-state index contributed by atoms with van der Waals surface area (Å²) in [5.74, 6) is 1.27. The monoisotopic (exact) mass is 293 g/mol. The Kier molecular flexibility index (Phi) is 3.05. The highest BCUT2D eigenvalue weighted by molar-refractivity contribution is 9.09. The molecule has 1 saturated carbocycles. The minimum absolute atomic E-state index is 0.709. The zero-order valence-corrected chi connectivity index (χ0v) is 11.3. The fourth-order valence-electron chi connectivity index (χ4n) is 2.44. The van der Waals surface area contributed by atoms with Crippen LogP contribution in [0, 0.1) is 0 Å². The van der Waals surface area contributed by atoms with E-state index in [1.54, 1.807) is 0 Å². The summed E-state index contributed by atoms with van der Waals surface area (Å²) >= 11 is 3.56. The van der Waals surface area contributed by atoms with E-state index in [1.165, 1.54) is 25.1 Å². The van der Waals surface area contributed by atoms with Crippen molar-refractivity contribution in [2.24, 2.45) is 0 Å². The molecule has 0 N–H and O–H groups in total. The summed E-state index contributed by atoms with van der Waals surface area (Å²) < 4.78 is 2.18. The van der Waals surface area contributed by atoms with Gasteiger partial charge in [-0.1, -0.05) is 22.0 Å². The number of fused-ring (bicyclic) bond motifs is 1. The number of hydrogen-bond donors (Lipinski definition) is 0. The summed E-state index contributed by atoms with van der Waals surface area (Å²) in [4.78, 5) is 6.86. The van der Waals surface area contributed by atoms with E-state index in [-0.39, 0.29) is 0 Å². The van der Waals surface area contributed by atoms with Gasteiger partial charge in [0.15, 0.2) is 0 Å². The minimum Gasteiger partial charge on any atom is -0.354 e. The second-order valence-electron chi connectivity index (χ2n) is 4.51. The van der Waals surface area contributed by atoms with Crippen LogP contribution in [0.5, 0.6) is 0 Å². The number of nitrogens with zero attached hydrogens (tertiary/aromatic N) is 3. The number of alkyl halides is 1. The van der Waals surface area contributed by atoms with Crippen molar-refractivity contribution in [2.75, 3.05) is 16.8 Å². The Morgan fingerprint density at radius 1 is 1.41 bits per heavy atom. The maximum atomic E-state index is 4.35. The van der Waals surface area contributed by atoms with Crippen molar-refractivity contribution in [2.45, 2.75) is 25.3 Å². The van der Waals surface area contributed by atoms with Gasteiger partial charge >= 0.3 is 0 Å². The van der Waals surface area contributed by atoms with Gasteiger partial charge in [-0.05, 0) is 31.4 Å². The average molecular weight is 294 g/mol. The number of pyridine rings is 1. The van der Waals surface area contributed by atoms with Gasteiger partial charge in [-0.25, -0.2) is 4.98 Å². The Bertz CT molecular complexity index is 504. The molecule has 3 rings (SSSR count). The molecule has 2 aromatic heterocycles. The predicted molar refractivity (Wildman–Crippen MR) is 74.0 cm³/mol. The van der Waals surface area contributed by atoms with E-state index in [1.807, 2.05) is 12.4 Å². The van der Waals surface area contributed by atoms with Crippen LogP contribution in [-0.2, 0) is 0 Å². The van der Waals surface area contributed by atoms with Crippen LogP contribution in [0.15, 0.2) is 30.6 Å². The molecule has 0 spiro atoms. The molecular weight excluding hydrogens is 278 g/mol. The Morgan fingerprint density at radius 3 is 3.00 bits per heavy atom. The standard InChI is InChI=1S/C13H16BrN3/c14-7-9-16(11-3-1-4-11)13-6-2-5-12-15-8-10-17(12)13/h2,5-6,8,10-11H,1,3-4,7,9H2. The SMILES string of the molecule is BrCCN(c1cccc2nccn12)C1CCC1. The van der Waals surface area contributed by atoms with E-state index in [0.29, 0.717) is 6.04 Å². The van der Waals surface area contributed by atoms with Gasteiger partial charge in [-0.15, -0.1) is 0 Å². The highest BCUT2D eigenvalue weighted by atomic mass is 79.9. The van der Waals surface area contributed by atoms with E-state index < -0.39 is 0 Å². The third kappa shape index (κ3) is 1.95. The number of anilines is 1. The quantitative estimate of drug-likeness (QED) is 0.808. The molecule has 90 valence electrons. The minimum atomic E-state index is 0.709. The van der Waals surface area contributed by atoms with Crippen LogP contribution in [0.3, 0.4) is 0 Å². The van der Waals surface area contributed by atoms with E-state index in [0.717, 1.165) is 17.5 Å². The van der Waals surface area contributed by atoms with E-state index in [9.17, 15) is 0 Å². The van der Waals surface area contributed by atoms with Crippen molar-refractivity contribution in [1.29, 1.82) is 0 Å². The van der Waals surface area contributed by atoms with Gasteiger partial charge in [0.25, 0.3) is 0 Å². The number of rotatable bonds is 4. The van der Waals surface area contributed by atoms with Crippen LogP contribution in [-0.4, -0.2) is 27.3 Å². The molecule has 1 aliphatic rings. The van der Waals surface area contributed by atoms with Gasteiger partial charge in [0, 0.05) is 30.3 Å². The summed E-state index contributed by atoms with van der Waals surface area (Å²) in [6, 6.07) is 7.05. The fourth-order valence-corrected chi connectivity index (χ4v) is 2.82. The highest BCUT2D eigenvalue weighted by Crippen LogP contribution is 2.29. The maximum absolute atomic E-state index is 4.35. The third-order valence-corrected chi connectivity index (χ3v) is 3.90. The average Bonchev–Trinajstić information content (AvgIpc) is 2.73. The van der Waals surface area contributed by atoms with Crippen LogP contribution in [0.2, 0.25) is 0 Å². The van der Waals surface area contributed by atoms with Gasteiger partial charge in [0.2, 0.25) is 0 Å². The zero-order chi connectivity index (χ0) is 11.7. The first-order chi connectivity index (χ1) is 8.40. The van der Waals surface area contributed by atoms with E-state index in [4.69, 9.17) is 0 Å². The largest absolute Gasteiger partial charge is 0.354 e.